The first-order chi connectivity index (χ1) is 18.5. The monoisotopic (exact) mass is 547 g/mol. The zero-order valence-corrected chi connectivity index (χ0v) is 23.5. The van der Waals surface area contributed by atoms with Gasteiger partial charge in [-0.25, -0.2) is 19.1 Å². The van der Waals surface area contributed by atoms with Gasteiger partial charge in [-0.3, -0.25) is 5.32 Å². The minimum absolute atomic E-state index is 0.0511. The molecule has 0 saturated carbocycles. The van der Waals surface area contributed by atoms with E-state index in [2.05, 4.69) is 20.7 Å². The number of rotatable bonds is 7. The minimum atomic E-state index is -1.40. The highest BCUT2D eigenvalue weighted by atomic mass is 32.1. The summed E-state index contributed by atoms with van der Waals surface area (Å²) in [6, 6.07) is 18.7. The number of ether oxygens (including phenoxy) is 2. The number of thiocarbonyl (C=S) groups is 1. The van der Waals surface area contributed by atoms with E-state index in [1.54, 1.807) is 18.4 Å². The second-order valence-electron chi connectivity index (χ2n) is 10.9. The maximum Gasteiger partial charge on any atom is 0.413 e. The largest absolute Gasteiger partial charge is 0.461 e. The van der Waals surface area contributed by atoms with Gasteiger partial charge < -0.3 is 14.8 Å². The number of alkyl carbamates (subject to hydrolysis) is 1. The van der Waals surface area contributed by atoms with Crippen LogP contribution in [-0.2, 0) is 26.4 Å². The van der Waals surface area contributed by atoms with E-state index in [-0.39, 0.29) is 23.2 Å². The van der Waals surface area contributed by atoms with Crippen molar-refractivity contribution in [2.24, 2.45) is 5.41 Å². The van der Waals surface area contributed by atoms with Gasteiger partial charge in [0.05, 0.1) is 11.6 Å². The predicted octanol–water partition coefficient (Wildman–Crippen LogP) is 5.27. The fourth-order valence-corrected chi connectivity index (χ4v) is 4.76. The van der Waals surface area contributed by atoms with Crippen LogP contribution in [0, 0.1) is 5.41 Å². The molecule has 0 bridgehead atoms. The van der Waals surface area contributed by atoms with E-state index in [0.717, 1.165) is 16.5 Å². The Morgan fingerprint density at radius 2 is 1.79 bits per heavy atom. The molecule has 2 N–H and O–H groups in total. The van der Waals surface area contributed by atoms with Crippen LogP contribution in [0.1, 0.15) is 52.2 Å². The van der Waals surface area contributed by atoms with E-state index < -0.39 is 17.6 Å². The Balaban J connectivity index is 1.69. The van der Waals surface area contributed by atoms with Crippen LogP contribution in [0.25, 0.3) is 16.6 Å². The zero-order chi connectivity index (χ0) is 28.2. The second-order valence-corrected chi connectivity index (χ2v) is 11.3. The van der Waals surface area contributed by atoms with E-state index in [4.69, 9.17) is 21.7 Å². The molecule has 0 aliphatic rings. The molecular weight excluding hydrogens is 514 g/mol. The first kappa shape index (κ1) is 28.0. The Labute approximate surface area is 232 Å². The van der Waals surface area contributed by atoms with E-state index in [0.29, 0.717) is 17.6 Å². The number of pyridine rings is 1. The first-order valence-corrected chi connectivity index (χ1v) is 13.1. The van der Waals surface area contributed by atoms with Gasteiger partial charge in [-0.05, 0) is 73.3 Å². The molecule has 10 heteroatoms. The van der Waals surface area contributed by atoms with Gasteiger partial charge in [-0.15, -0.1) is 0 Å². The van der Waals surface area contributed by atoms with Crippen LogP contribution in [0.3, 0.4) is 0 Å². The molecule has 0 spiro atoms. The van der Waals surface area contributed by atoms with E-state index in [1.165, 1.54) is 6.33 Å². The lowest BCUT2D eigenvalue weighted by Crippen LogP contribution is -2.58. The fourth-order valence-electron chi connectivity index (χ4n) is 4.51. The van der Waals surface area contributed by atoms with E-state index in [1.807, 2.05) is 81.4 Å². The molecule has 4 aromatic rings. The van der Waals surface area contributed by atoms with Crippen molar-refractivity contribution in [3.05, 3.63) is 78.1 Å². The summed E-state index contributed by atoms with van der Waals surface area (Å²) >= 11 is 5.53. The number of hydrogen-bond donors (Lipinski definition) is 2. The maximum atomic E-state index is 13.9. The van der Waals surface area contributed by atoms with Crippen molar-refractivity contribution in [2.45, 2.75) is 59.3 Å². The highest BCUT2D eigenvalue weighted by molar-refractivity contribution is 7.80. The molecule has 204 valence electrons. The summed E-state index contributed by atoms with van der Waals surface area (Å²) in [7, 11) is 0. The fraction of sp³-hybridized carbons (Fsp3) is 0.345. The Kier molecular flexibility index (Phi) is 8.15. The van der Waals surface area contributed by atoms with Gasteiger partial charge in [0.2, 0.25) is 0 Å². The average molecular weight is 548 g/mol. The smallest absolute Gasteiger partial charge is 0.413 e. The molecule has 1 atom stereocenters. The molecule has 0 fully saturated rings. The van der Waals surface area contributed by atoms with Crippen LogP contribution < -0.4 is 10.6 Å². The van der Waals surface area contributed by atoms with Crippen molar-refractivity contribution in [3.63, 3.8) is 0 Å². The van der Waals surface area contributed by atoms with Gasteiger partial charge in [0.25, 0.3) is 0 Å². The maximum absolute atomic E-state index is 13.9. The third-order valence-corrected chi connectivity index (χ3v) is 6.18. The average Bonchev–Trinajstić information content (AvgIpc) is 3.35. The minimum Gasteiger partial charge on any atom is -0.461 e. The first-order valence-electron chi connectivity index (χ1n) is 12.7. The molecule has 0 saturated heterocycles. The number of amides is 1. The predicted molar refractivity (Wildman–Crippen MR) is 153 cm³/mol. The quantitative estimate of drug-likeness (QED) is 0.238. The number of carbonyl (C=O) groups is 2. The second kappa shape index (κ2) is 11.4. The number of esters is 1. The van der Waals surface area contributed by atoms with Crippen molar-refractivity contribution in [2.75, 3.05) is 0 Å². The number of aromatic nitrogens is 3. The van der Waals surface area contributed by atoms with Crippen molar-refractivity contribution in [1.29, 1.82) is 0 Å². The van der Waals surface area contributed by atoms with Gasteiger partial charge in [0.1, 0.15) is 12.9 Å². The molecule has 1 amide bonds. The summed E-state index contributed by atoms with van der Waals surface area (Å²) in [6.45, 7) is 9.74. The molecule has 4 rings (SSSR count). The molecule has 0 aliphatic carbocycles. The SMILES string of the molecule is CC(C)OC(=O)[C@](CC(C)(C)C)(NC(=S)NC(=O)OCc1ccccc1)c1ccc2c(ccc3ncnn32)c1. The third kappa shape index (κ3) is 6.69. The molecule has 0 radical (unpaired) electrons. The summed E-state index contributed by atoms with van der Waals surface area (Å²) in [5, 5.41) is 10.8. The Hall–Kier alpha value is -4.05. The Morgan fingerprint density at radius 1 is 1.05 bits per heavy atom. The van der Waals surface area contributed by atoms with Crippen LogP contribution in [-0.4, -0.2) is 37.9 Å². The molecule has 9 nitrogen and oxygen atoms in total. The topological polar surface area (TPSA) is 107 Å². The summed E-state index contributed by atoms with van der Waals surface area (Å²) < 4.78 is 12.8. The van der Waals surface area contributed by atoms with Crippen molar-refractivity contribution in [1.82, 2.24) is 25.2 Å². The highest BCUT2D eigenvalue weighted by Crippen LogP contribution is 2.38. The lowest BCUT2D eigenvalue weighted by Gasteiger charge is -2.39. The molecule has 39 heavy (non-hydrogen) atoms. The van der Waals surface area contributed by atoms with Crippen molar-refractivity contribution < 1.29 is 19.1 Å². The number of fused-ring (bicyclic) bond motifs is 3. The molecule has 0 unspecified atom stereocenters. The van der Waals surface area contributed by atoms with E-state index >= 15 is 0 Å². The zero-order valence-electron chi connectivity index (χ0n) is 22.7. The van der Waals surface area contributed by atoms with Crippen molar-refractivity contribution >= 4 is 45.9 Å². The lowest BCUT2D eigenvalue weighted by molar-refractivity contribution is -0.157. The van der Waals surface area contributed by atoms with E-state index in [9.17, 15) is 9.59 Å². The van der Waals surface area contributed by atoms with Crippen LogP contribution in [0.4, 0.5) is 4.79 Å². The highest BCUT2D eigenvalue weighted by Gasteiger charge is 2.46. The summed E-state index contributed by atoms with van der Waals surface area (Å²) in [4.78, 5) is 30.7. The third-order valence-electron chi connectivity index (χ3n) is 5.98. The molecule has 2 heterocycles. The lowest BCUT2D eigenvalue weighted by atomic mass is 9.75. The number of nitrogens with one attached hydrogen (secondary N) is 2. The molecule has 0 aliphatic heterocycles. The van der Waals surface area contributed by atoms with Gasteiger partial charge in [0.15, 0.2) is 16.3 Å². The Bertz CT molecular complexity index is 1500. The normalized spacial score (nSPS) is 13.2. The number of benzene rings is 2. The Morgan fingerprint density at radius 3 is 2.49 bits per heavy atom. The molecule has 2 aromatic carbocycles. The number of carbonyl (C=O) groups excluding carboxylic acids is 2. The molecule has 2 aromatic heterocycles. The number of nitrogens with zero attached hydrogens (tertiary/aromatic N) is 3. The van der Waals surface area contributed by atoms with Gasteiger partial charge in [-0.2, -0.15) is 5.10 Å². The number of hydrogen-bond acceptors (Lipinski definition) is 7. The van der Waals surface area contributed by atoms with Gasteiger partial charge in [0, 0.05) is 5.39 Å². The standard InChI is InChI=1S/C29H33N5O4S/c1-19(2)38-25(35)29(17-28(3,4)5,33-26(39)32-27(36)37-16-20-9-7-6-8-10-20)22-12-13-23-21(15-22)11-14-24-30-18-31-34(23)24/h6-15,18-19H,16-17H2,1-5H3,(H2,32,33,36,39)/t29-/m1/s1. The van der Waals surface area contributed by atoms with Crippen LogP contribution in [0.15, 0.2) is 67.0 Å². The van der Waals surface area contributed by atoms with Gasteiger partial charge >= 0.3 is 12.1 Å². The van der Waals surface area contributed by atoms with Crippen LogP contribution in [0.2, 0.25) is 0 Å². The molecular formula is C29H33N5O4S. The summed E-state index contributed by atoms with van der Waals surface area (Å²) in [5.74, 6) is -0.504. The van der Waals surface area contributed by atoms with Crippen LogP contribution in [0.5, 0.6) is 0 Å². The van der Waals surface area contributed by atoms with Crippen molar-refractivity contribution in [3.8, 4) is 0 Å². The van der Waals surface area contributed by atoms with Gasteiger partial charge in [-0.1, -0.05) is 57.2 Å². The van der Waals surface area contributed by atoms with Crippen LogP contribution >= 0.6 is 12.2 Å². The summed E-state index contributed by atoms with van der Waals surface area (Å²) in [5.41, 5.74) is 1.28. The summed E-state index contributed by atoms with van der Waals surface area (Å²) in [6.07, 6.45) is 0.718.